The molecule has 1 N–H and O–H groups in total. The van der Waals surface area contributed by atoms with Crippen LogP contribution in [0.3, 0.4) is 0 Å². The van der Waals surface area contributed by atoms with Crippen LogP contribution >= 0.6 is 0 Å². The van der Waals surface area contributed by atoms with Crippen molar-refractivity contribution in [3.63, 3.8) is 0 Å². The summed E-state index contributed by atoms with van der Waals surface area (Å²) in [6, 6.07) is 15.3. The number of hydrogen-bond donors (Lipinski definition) is 1. The molecule has 0 spiro atoms. The number of methoxy groups -OCH3 is 1. The van der Waals surface area contributed by atoms with E-state index in [1.165, 1.54) is 31.5 Å². The molecule has 0 unspecified atom stereocenters. The Balaban J connectivity index is 1.50. The van der Waals surface area contributed by atoms with Crippen molar-refractivity contribution in [2.24, 2.45) is 0 Å². The summed E-state index contributed by atoms with van der Waals surface area (Å²) in [6.07, 6.45) is 4.63. The van der Waals surface area contributed by atoms with E-state index in [0.29, 0.717) is 43.1 Å². The van der Waals surface area contributed by atoms with E-state index >= 15 is 0 Å². The monoisotopic (exact) mass is 510 g/mol. The number of hydrogen-bond acceptors (Lipinski definition) is 8. The molecular weight excluding hydrogens is 487 g/mol. The fraction of sp³-hybridized carbons (Fsp3) is 0.179. The zero-order chi connectivity index (χ0) is 26.5. The maximum atomic E-state index is 14.6. The average molecular weight is 511 g/mol. The minimum absolute atomic E-state index is 0.0389. The molecule has 1 aliphatic rings. The van der Waals surface area contributed by atoms with Gasteiger partial charge in [-0.2, -0.15) is 5.26 Å². The molecule has 38 heavy (non-hydrogen) atoms. The molecule has 1 amide bonds. The van der Waals surface area contributed by atoms with Gasteiger partial charge in [0, 0.05) is 37.2 Å². The second-order valence-corrected chi connectivity index (χ2v) is 8.40. The number of benzene rings is 2. The van der Waals surface area contributed by atoms with Crippen LogP contribution in [0.2, 0.25) is 0 Å². The lowest BCUT2D eigenvalue weighted by Crippen LogP contribution is -2.36. The highest BCUT2D eigenvalue weighted by Crippen LogP contribution is 2.34. The van der Waals surface area contributed by atoms with Crippen LogP contribution in [0.5, 0.6) is 5.75 Å². The van der Waals surface area contributed by atoms with E-state index in [1.54, 1.807) is 30.6 Å². The Morgan fingerprint density at radius 3 is 2.79 bits per heavy atom. The standard InChI is InChI=1S/C28H23FN6O3/c1-37-25-4-2-3-21(29)26(25)27-32-10-8-23(33-27)28(36)34-22-6-5-18(20-17-31-9-7-19(20)16-30)15-24(22)35-11-13-38-14-12-35/h2-10,15,17H,11-14H2,1H3,(H,34,36). The largest absolute Gasteiger partial charge is 0.496 e. The molecule has 5 rings (SSSR count). The minimum atomic E-state index is -0.556. The van der Waals surface area contributed by atoms with Gasteiger partial charge in [-0.05, 0) is 42.0 Å². The quantitative estimate of drug-likeness (QED) is 0.408. The van der Waals surface area contributed by atoms with E-state index in [0.717, 1.165) is 11.3 Å². The Bertz CT molecular complexity index is 1530. The zero-order valence-corrected chi connectivity index (χ0v) is 20.5. The van der Waals surface area contributed by atoms with Crippen molar-refractivity contribution in [1.29, 1.82) is 5.26 Å². The van der Waals surface area contributed by atoms with E-state index in [-0.39, 0.29) is 22.8 Å². The van der Waals surface area contributed by atoms with Crippen molar-refractivity contribution in [3.05, 3.63) is 84.2 Å². The summed E-state index contributed by atoms with van der Waals surface area (Å²) >= 11 is 0. The zero-order valence-electron chi connectivity index (χ0n) is 20.5. The molecule has 0 atom stereocenters. The van der Waals surface area contributed by atoms with Gasteiger partial charge < -0.3 is 19.7 Å². The van der Waals surface area contributed by atoms with Crippen LogP contribution in [-0.4, -0.2) is 54.3 Å². The maximum Gasteiger partial charge on any atom is 0.274 e. The number of carbonyl (C=O) groups is 1. The fourth-order valence-electron chi connectivity index (χ4n) is 4.28. The van der Waals surface area contributed by atoms with Gasteiger partial charge in [-0.25, -0.2) is 14.4 Å². The Labute approximate surface area is 218 Å². The molecule has 9 nitrogen and oxygen atoms in total. The van der Waals surface area contributed by atoms with Crippen molar-refractivity contribution in [3.8, 4) is 34.3 Å². The van der Waals surface area contributed by atoms with E-state index in [9.17, 15) is 14.4 Å². The third kappa shape index (κ3) is 5.00. The first-order valence-electron chi connectivity index (χ1n) is 11.9. The first-order chi connectivity index (χ1) is 18.6. The maximum absolute atomic E-state index is 14.6. The van der Waals surface area contributed by atoms with Crippen LogP contribution in [-0.2, 0) is 4.74 Å². The van der Waals surface area contributed by atoms with E-state index in [2.05, 4.69) is 31.2 Å². The molecule has 0 aliphatic carbocycles. The van der Waals surface area contributed by atoms with Crippen LogP contribution in [0.25, 0.3) is 22.5 Å². The van der Waals surface area contributed by atoms with Gasteiger partial charge in [0.2, 0.25) is 0 Å². The number of nitrogens with zero attached hydrogens (tertiary/aromatic N) is 5. The topological polar surface area (TPSA) is 113 Å². The van der Waals surface area contributed by atoms with Gasteiger partial charge >= 0.3 is 0 Å². The summed E-state index contributed by atoms with van der Waals surface area (Å²) in [5.74, 6) is -0.735. The van der Waals surface area contributed by atoms with E-state index < -0.39 is 11.7 Å². The molecule has 0 bridgehead atoms. The summed E-state index contributed by atoms with van der Waals surface area (Å²) in [7, 11) is 1.43. The highest BCUT2D eigenvalue weighted by Gasteiger charge is 2.21. The SMILES string of the molecule is COc1cccc(F)c1-c1nccc(C(=O)Nc2ccc(-c3cnccc3C#N)cc2N2CCOCC2)n1. The number of morpholine rings is 1. The van der Waals surface area contributed by atoms with Crippen molar-refractivity contribution >= 4 is 17.3 Å². The normalized spacial score (nSPS) is 13.0. The minimum Gasteiger partial charge on any atom is -0.496 e. The van der Waals surface area contributed by atoms with E-state index in [4.69, 9.17) is 9.47 Å². The summed E-state index contributed by atoms with van der Waals surface area (Å²) in [5, 5.41) is 12.5. The number of amides is 1. The number of anilines is 2. The van der Waals surface area contributed by atoms with Gasteiger partial charge in [0.1, 0.15) is 17.3 Å². The number of nitriles is 1. The Hall–Kier alpha value is -4.88. The average Bonchev–Trinajstić information content (AvgIpc) is 2.97. The van der Waals surface area contributed by atoms with E-state index in [1.807, 2.05) is 12.1 Å². The Morgan fingerprint density at radius 1 is 1.16 bits per heavy atom. The molecule has 2 aromatic carbocycles. The number of pyridine rings is 1. The number of ether oxygens (including phenoxy) is 2. The third-order valence-corrected chi connectivity index (χ3v) is 6.16. The lowest BCUT2D eigenvalue weighted by Gasteiger charge is -2.31. The summed E-state index contributed by atoms with van der Waals surface area (Å²) in [4.78, 5) is 28.1. The Kier molecular flexibility index (Phi) is 7.19. The summed E-state index contributed by atoms with van der Waals surface area (Å²) in [6.45, 7) is 2.37. The fourth-order valence-corrected chi connectivity index (χ4v) is 4.28. The summed E-state index contributed by atoms with van der Waals surface area (Å²) < 4.78 is 25.4. The van der Waals surface area contributed by atoms with Crippen LogP contribution in [0.4, 0.5) is 15.8 Å². The van der Waals surface area contributed by atoms with Gasteiger partial charge in [-0.15, -0.1) is 0 Å². The molecule has 2 aromatic heterocycles. The molecule has 190 valence electrons. The van der Waals surface area contributed by atoms with Gasteiger partial charge in [0.15, 0.2) is 5.82 Å². The molecule has 0 saturated carbocycles. The van der Waals surface area contributed by atoms with Gasteiger partial charge in [0.25, 0.3) is 5.91 Å². The number of nitrogens with one attached hydrogen (secondary N) is 1. The lowest BCUT2D eigenvalue weighted by molar-refractivity contribution is 0.102. The molecule has 1 fully saturated rings. The van der Waals surface area contributed by atoms with Crippen molar-refractivity contribution in [1.82, 2.24) is 15.0 Å². The second-order valence-electron chi connectivity index (χ2n) is 8.40. The molecule has 3 heterocycles. The molecular formula is C28H23FN6O3. The molecule has 4 aromatic rings. The second kappa shape index (κ2) is 11.0. The predicted octanol–water partition coefficient (Wildman–Crippen LogP) is 4.31. The Morgan fingerprint density at radius 2 is 2.00 bits per heavy atom. The molecule has 1 saturated heterocycles. The van der Waals surface area contributed by atoms with Gasteiger partial charge in [0.05, 0.1) is 48.9 Å². The van der Waals surface area contributed by atoms with Gasteiger partial charge in [-0.1, -0.05) is 12.1 Å². The van der Waals surface area contributed by atoms with Crippen molar-refractivity contribution in [2.75, 3.05) is 43.6 Å². The number of rotatable bonds is 6. The van der Waals surface area contributed by atoms with Crippen LogP contribution < -0.4 is 15.0 Å². The number of carbonyl (C=O) groups excluding carboxylic acids is 1. The molecule has 1 aliphatic heterocycles. The highest BCUT2D eigenvalue weighted by atomic mass is 19.1. The van der Waals surface area contributed by atoms with Crippen LogP contribution in [0, 0.1) is 17.1 Å². The highest BCUT2D eigenvalue weighted by molar-refractivity contribution is 6.05. The summed E-state index contributed by atoms with van der Waals surface area (Å²) in [5.41, 5.74) is 3.47. The predicted molar refractivity (Wildman–Crippen MR) is 139 cm³/mol. The number of aromatic nitrogens is 3. The molecule has 10 heteroatoms. The van der Waals surface area contributed by atoms with Crippen LogP contribution in [0.1, 0.15) is 16.1 Å². The number of halogens is 1. The lowest BCUT2D eigenvalue weighted by atomic mass is 10.0. The van der Waals surface area contributed by atoms with Gasteiger partial charge in [-0.3, -0.25) is 9.78 Å². The van der Waals surface area contributed by atoms with Crippen LogP contribution in [0.15, 0.2) is 67.1 Å². The molecule has 0 radical (unpaired) electrons. The third-order valence-electron chi connectivity index (χ3n) is 6.16. The first-order valence-corrected chi connectivity index (χ1v) is 11.9. The van der Waals surface area contributed by atoms with Crippen molar-refractivity contribution < 1.29 is 18.7 Å². The smallest absolute Gasteiger partial charge is 0.274 e. The van der Waals surface area contributed by atoms with Crippen molar-refractivity contribution in [2.45, 2.75) is 0 Å². The first kappa shape index (κ1) is 24.8.